The normalized spacial score (nSPS) is 16.3. The van der Waals surface area contributed by atoms with Crippen molar-refractivity contribution in [3.05, 3.63) is 53.4 Å². The number of rotatable bonds is 5. The number of amides is 1. The Morgan fingerprint density at radius 2 is 1.89 bits per heavy atom. The molecule has 1 N–H and O–H groups in total. The van der Waals surface area contributed by atoms with Crippen LogP contribution < -0.4 is 0 Å². The predicted octanol–water partition coefficient (Wildman–Crippen LogP) is 1.76. The minimum absolute atomic E-state index is 0.0453. The summed E-state index contributed by atoms with van der Waals surface area (Å²) in [6.07, 6.45) is 1.35. The molecule has 2 heterocycles. The Balaban J connectivity index is 1.60. The molecule has 0 bridgehead atoms. The fourth-order valence-corrected chi connectivity index (χ4v) is 3.20. The van der Waals surface area contributed by atoms with Crippen LogP contribution in [0.25, 0.3) is 0 Å². The molecular weight excluding hydrogens is 358 g/mol. The van der Waals surface area contributed by atoms with Crippen molar-refractivity contribution >= 4 is 11.9 Å². The highest BCUT2D eigenvalue weighted by Gasteiger charge is 2.28. The number of nitrogens with zero attached hydrogens (tertiary/aromatic N) is 4. The van der Waals surface area contributed by atoms with Gasteiger partial charge in [0.05, 0.1) is 0 Å². The van der Waals surface area contributed by atoms with Gasteiger partial charge in [0.2, 0.25) is 5.91 Å². The molecule has 1 aromatic heterocycles. The SMILES string of the molecule is CC(C(=O)N1CCN(Cc2cccc(F)c2F)CC1)n1nccc1C(=O)O. The van der Waals surface area contributed by atoms with Gasteiger partial charge in [-0.05, 0) is 19.1 Å². The van der Waals surface area contributed by atoms with E-state index in [1.165, 1.54) is 23.0 Å². The summed E-state index contributed by atoms with van der Waals surface area (Å²) >= 11 is 0. The van der Waals surface area contributed by atoms with Gasteiger partial charge in [0.25, 0.3) is 0 Å². The minimum atomic E-state index is -1.14. The molecular formula is C18H20F2N4O3. The van der Waals surface area contributed by atoms with Gasteiger partial charge in [0.1, 0.15) is 11.7 Å². The number of hydrogen-bond acceptors (Lipinski definition) is 4. The number of hydrogen-bond donors (Lipinski definition) is 1. The molecule has 9 heteroatoms. The third kappa shape index (κ3) is 3.97. The van der Waals surface area contributed by atoms with Crippen LogP contribution in [0.4, 0.5) is 8.78 Å². The fourth-order valence-electron chi connectivity index (χ4n) is 3.20. The maximum absolute atomic E-state index is 13.8. The third-order valence-electron chi connectivity index (χ3n) is 4.72. The Morgan fingerprint density at radius 1 is 1.19 bits per heavy atom. The lowest BCUT2D eigenvalue weighted by atomic mass is 10.1. The average Bonchev–Trinajstić information content (AvgIpc) is 3.15. The molecule has 3 rings (SSSR count). The molecule has 0 saturated carbocycles. The number of piperazine rings is 1. The average molecular weight is 378 g/mol. The van der Waals surface area contributed by atoms with Crippen LogP contribution in [0.3, 0.4) is 0 Å². The van der Waals surface area contributed by atoms with Crippen LogP contribution >= 0.6 is 0 Å². The number of aromatic nitrogens is 2. The van der Waals surface area contributed by atoms with Crippen LogP contribution in [0.15, 0.2) is 30.5 Å². The summed E-state index contributed by atoms with van der Waals surface area (Å²) in [5.41, 5.74) is 0.238. The van der Waals surface area contributed by atoms with Crippen molar-refractivity contribution in [3.63, 3.8) is 0 Å². The van der Waals surface area contributed by atoms with Gasteiger partial charge in [-0.2, -0.15) is 5.10 Å². The second-order valence-electron chi connectivity index (χ2n) is 6.46. The number of aromatic carboxylic acids is 1. The lowest BCUT2D eigenvalue weighted by Crippen LogP contribution is -2.50. The molecule has 2 aromatic rings. The monoisotopic (exact) mass is 378 g/mol. The van der Waals surface area contributed by atoms with E-state index in [9.17, 15) is 18.4 Å². The summed E-state index contributed by atoms with van der Waals surface area (Å²) < 4.78 is 28.3. The van der Waals surface area contributed by atoms with Crippen molar-refractivity contribution in [1.29, 1.82) is 0 Å². The maximum Gasteiger partial charge on any atom is 0.354 e. The molecule has 1 fully saturated rings. The first-order valence-corrected chi connectivity index (χ1v) is 8.59. The molecule has 27 heavy (non-hydrogen) atoms. The Labute approximate surface area is 154 Å². The van der Waals surface area contributed by atoms with Crippen molar-refractivity contribution < 1.29 is 23.5 Å². The second-order valence-corrected chi connectivity index (χ2v) is 6.46. The number of benzene rings is 1. The molecule has 0 spiro atoms. The highest BCUT2D eigenvalue weighted by Crippen LogP contribution is 2.17. The first-order chi connectivity index (χ1) is 12.9. The summed E-state index contributed by atoms with van der Waals surface area (Å²) in [6.45, 7) is 3.74. The fraction of sp³-hybridized carbons (Fsp3) is 0.389. The highest BCUT2D eigenvalue weighted by molar-refractivity contribution is 5.87. The minimum Gasteiger partial charge on any atom is -0.477 e. The largest absolute Gasteiger partial charge is 0.477 e. The number of carbonyl (C=O) groups excluding carboxylic acids is 1. The zero-order valence-electron chi connectivity index (χ0n) is 14.8. The predicted molar refractivity (Wildman–Crippen MR) is 92.1 cm³/mol. The molecule has 7 nitrogen and oxygen atoms in total. The lowest BCUT2D eigenvalue weighted by Gasteiger charge is -2.36. The molecule has 1 atom stereocenters. The molecule has 1 aromatic carbocycles. The van der Waals surface area contributed by atoms with Gasteiger partial charge in [-0.25, -0.2) is 18.3 Å². The summed E-state index contributed by atoms with van der Waals surface area (Å²) in [7, 11) is 0. The quantitative estimate of drug-likeness (QED) is 0.858. The topological polar surface area (TPSA) is 78.7 Å². The van der Waals surface area contributed by atoms with E-state index < -0.39 is 23.6 Å². The van der Waals surface area contributed by atoms with E-state index in [2.05, 4.69) is 5.10 Å². The summed E-state index contributed by atoms with van der Waals surface area (Å²) in [6, 6.07) is 4.70. The number of carboxylic acids is 1. The lowest BCUT2D eigenvalue weighted by molar-refractivity contribution is -0.136. The van der Waals surface area contributed by atoms with Gasteiger partial charge in [0, 0.05) is 44.5 Å². The number of carbonyl (C=O) groups is 2. The number of halogens is 2. The molecule has 1 saturated heterocycles. The zero-order chi connectivity index (χ0) is 19.6. The summed E-state index contributed by atoms with van der Waals surface area (Å²) in [5.74, 6) is -3.08. The highest BCUT2D eigenvalue weighted by atomic mass is 19.2. The Kier molecular flexibility index (Phi) is 5.50. The molecule has 1 amide bonds. The van der Waals surface area contributed by atoms with Gasteiger partial charge in [0.15, 0.2) is 11.6 Å². The maximum atomic E-state index is 13.8. The molecule has 0 radical (unpaired) electrons. The number of carboxylic acid groups (broad SMARTS) is 1. The molecule has 144 valence electrons. The van der Waals surface area contributed by atoms with E-state index in [-0.39, 0.29) is 23.7 Å². The Hall–Kier alpha value is -2.81. The van der Waals surface area contributed by atoms with Gasteiger partial charge < -0.3 is 10.0 Å². The van der Waals surface area contributed by atoms with Crippen LogP contribution in [-0.4, -0.2) is 62.7 Å². The molecule has 1 aliphatic heterocycles. The van der Waals surface area contributed by atoms with Crippen LogP contribution in [0.5, 0.6) is 0 Å². The van der Waals surface area contributed by atoms with Crippen LogP contribution in [0, 0.1) is 11.6 Å². The van der Waals surface area contributed by atoms with E-state index >= 15 is 0 Å². The second kappa shape index (κ2) is 7.83. The molecule has 1 unspecified atom stereocenters. The summed E-state index contributed by atoms with van der Waals surface area (Å²) in [5, 5.41) is 13.1. The smallest absolute Gasteiger partial charge is 0.354 e. The van der Waals surface area contributed by atoms with Crippen molar-refractivity contribution in [2.45, 2.75) is 19.5 Å². The standard InChI is InChI=1S/C18H20F2N4O3/c1-12(24-15(18(26)27)5-6-21-24)17(25)23-9-7-22(8-10-23)11-13-3-2-4-14(19)16(13)20/h2-6,12H,7-11H2,1H3,(H,26,27). The Bertz CT molecular complexity index is 847. The van der Waals surface area contributed by atoms with E-state index in [0.29, 0.717) is 26.2 Å². The van der Waals surface area contributed by atoms with Gasteiger partial charge in [-0.1, -0.05) is 12.1 Å². The van der Waals surface area contributed by atoms with Crippen molar-refractivity contribution in [3.8, 4) is 0 Å². The Morgan fingerprint density at radius 3 is 2.56 bits per heavy atom. The first-order valence-electron chi connectivity index (χ1n) is 8.59. The van der Waals surface area contributed by atoms with Crippen LogP contribution in [0.1, 0.15) is 29.0 Å². The first kappa shape index (κ1) is 19.0. The zero-order valence-corrected chi connectivity index (χ0v) is 14.8. The summed E-state index contributed by atoms with van der Waals surface area (Å²) in [4.78, 5) is 27.5. The van der Waals surface area contributed by atoms with Crippen molar-refractivity contribution in [2.75, 3.05) is 26.2 Å². The van der Waals surface area contributed by atoms with Gasteiger partial charge in [-0.3, -0.25) is 9.69 Å². The van der Waals surface area contributed by atoms with Gasteiger partial charge in [-0.15, -0.1) is 0 Å². The van der Waals surface area contributed by atoms with E-state index in [0.717, 1.165) is 6.07 Å². The third-order valence-corrected chi connectivity index (χ3v) is 4.72. The van der Waals surface area contributed by atoms with Crippen LogP contribution in [0.2, 0.25) is 0 Å². The van der Waals surface area contributed by atoms with E-state index in [1.54, 1.807) is 17.9 Å². The van der Waals surface area contributed by atoms with Gasteiger partial charge >= 0.3 is 5.97 Å². The van der Waals surface area contributed by atoms with Crippen molar-refractivity contribution in [1.82, 2.24) is 19.6 Å². The van der Waals surface area contributed by atoms with Crippen molar-refractivity contribution in [2.24, 2.45) is 0 Å². The van der Waals surface area contributed by atoms with Crippen LogP contribution in [-0.2, 0) is 11.3 Å². The molecule has 0 aliphatic carbocycles. The molecule has 1 aliphatic rings. The van der Waals surface area contributed by atoms with E-state index in [1.807, 2.05) is 4.90 Å². The van der Waals surface area contributed by atoms with E-state index in [4.69, 9.17) is 5.11 Å².